The zero-order valence-electron chi connectivity index (χ0n) is 13.6. The SMILES string of the molecule is Cc1ccc(-c2nc(COCC3CCCCC3)c(C)o2)cc1. The van der Waals surface area contributed by atoms with Crippen LogP contribution in [0.15, 0.2) is 28.7 Å². The van der Waals surface area contributed by atoms with Gasteiger partial charge in [-0.1, -0.05) is 37.0 Å². The molecule has 1 aromatic carbocycles. The Bertz CT molecular complexity index is 594. The summed E-state index contributed by atoms with van der Waals surface area (Å²) in [5, 5.41) is 0. The van der Waals surface area contributed by atoms with Crippen molar-refractivity contribution in [2.75, 3.05) is 6.61 Å². The van der Waals surface area contributed by atoms with Gasteiger partial charge in [-0.25, -0.2) is 4.98 Å². The summed E-state index contributed by atoms with van der Waals surface area (Å²) in [6.45, 7) is 5.45. The molecule has 1 aliphatic carbocycles. The van der Waals surface area contributed by atoms with Crippen molar-refractivity contribution >= 4 is 0 Å². The first kappa shape index (κ1) is 15.3. The molecule has 0 amide bonds. The lowest BCUT2D eigenvalue weighted by Gasteiger charge is -2.20. The summed E-state index contributed by atoms with van der Waals surface area (Å²) >= 11 is 0. The smallest absolute Gasteiger partial charge is 0.226 e. The number of aryl methyl sites for hydroxylation is 2. The van der Waals surface area contributed by atoms with E-state index in [9.17, 15) is 0 Å². The van der Waals surface area contributed by atoms with Gasteiger partial charge in [-0.05, 0) is 44.7 Å². The fraction of sp³-hybridized carbons (Fsp3) is 0.526. The molecule has 0 saturated heterocycles. The molecule has 1 saturated carbocycles. The quantitative estimate of drug-likeness (QED) is 0.774. The Morgan fingerprint density at radius 2 is 1.82 bits per heavy atom. The highest BCUT2D eigenvalue weighted by atomic mass is 16.5. The van der Waals surface area contributed by atoms with Crippen LogP contribution in [0.3, 0.4) is 0 Å². The second-order valence-corrected chi connectivity index (χ2v) is 6.41. The van der Waals surface area contributed by atoms with Crippen LogP contribution in [0.2, 0.25) is 0 Å². The number of ether oxygens (including phenoxy) is 1. The van der Waals surface area contributed by atoms with Crippen LogP contribution >= 0.6 is 0 Å². The molecule has 3 heteroatoms. The Labute approximate surface area is 132 Å². The summed E-state index contributed by atoms with van der Waals surface area (Å²) in [6, 6.07) is 8.25. The second-order valence-electron chi connectivity index (χ2n) is 6.41. The van der Waals surface area contributed by atoms with Gasteiger partial charge in [0.25, 0.3) is 0 Å². The van der Waals surface area contributed by atoms with Gasteiger partial charge in [0.2, 0.25) is 5.89 Å². The summed E-state index contributed by atoms with van der Waals surface area (Å²) in [5.74, 6) is 2.28. The topological polar surface area (TPSA) is 35.3 Å². The molecule has 0 unspecified atom stereocenters. The van der Waals surface area contributed by atoms with Gasteiger partial charge in [0.1, 0.15) is 11.5 Å². The Morgan fingerprint density at radius 3 is 2.55 bits per heavy atom. The predicted octanol–water partition coefficient (Wildman–Crippen LogP) is 5.06. The number of aromatic nitrogens is 1. The highest BCUT2D eigenvalue weighted by Gasteiger charge is 2.15. The lowest BCUT2D eigenvalue weighted by molar-refractivity contribution is 0.0716. The Kier molecular flexibility index (Phi) is 4.94. The Balaban J connectivity index is 1.58. The van der Waals surface area contributed by atoms with E-state index in [-0.39, 0.29) is 0 Å². The zero-order chi connectivity index (χ0) is 15.4. The van der Waals surface area contributed by atoms with Gasteiger partial charge in [-0.15, -0.1) is 0 Å². The van der Waals surface area contributed by atoms with E-state index in [1.54, 1.807) is 0 Å². The summed E-state index contributed by atoms with van der Waals surface area (Å²) in [6.07, 6.45) is 6.72. The zero-order valence-corrected chi connectivity index (χ0v) is 13.6. The van der Waals surface area contributed by atoms with Crippen molar-refractivity contribution in [3.63, 3.8) is 0 Å². The maximum atomic E-state index is 5.89. The summed E-state index contributed by atoms with van der Waals surface area (Å²) in [5.41, 5.74) is 3.18. The van der Waals surface area contributed by atoms with Crippen LogP contribution in [0, 0.1) is 19.8 Å². The van der Waals surface area contributed by atoms with Crippen molar-refractivity contribution in [2.45, 2.75) is 52.6 Å². The fourth-order valence-electron chi connectivity index (χ4n) is 3.06. The number of hydrogen-bond donors (Lipinski definition) is 0. The van der Waals surface area contributed by atoms with Crippen molar-refractivity contribution in [1.82, 2.24) is 4.98 Å². The minimum atomic E-state index is 0.553. The molecule has 3 rings (SSSR count). The number of nitrogens with zero attached hydrogens (tertiary/aromatic N) is 1. The normalized spacial score (nSPS) is 16.1. The number of benzene rings is 1. The largest absolute Gasteiger partial charge is 0.441 e. The molecule has 0 aliphatic heterocycles. The molecule has 0 radical (unpaired) electrons. The van der Waals surface area contributed by atoms with Gasteiger partial charge in [-0.2, -0.15) is 0 Å². The standard InChI is InChI=1S/C19H25NO2/c1-14-8-10-17(11-9-14)19-20-18(15(2)22-19)13-21-12-16-6-4-3-5-7-16/h8-11,16H,3-7,12-13H2,1-2H3. The predicted molar refractivity (Wildman–Crippen MR) is 87.6 cm³/mol. The molecule has 0 spiro atoms. The van der Waals surface area contributed by atoms with E-state index in [0.717, 1.165) is 29.5 Å². The fourth-order valence-corrected chi connectivity index (χ4v) is 3.06. The van der Waals surface area contributed by atoms with Gasteiger partial charge in [-0.3, -0.25) is 0 Å². The monoisotopic (exact) mass is 299 g/mol. The van der Waals surface area contributed by atoms with Gasteiger partial charge in [0.15, 0.2) is 0 Å². The minimum Gasteiger partial charge on any atom is -0.441 e. The third-order valence-corrected chi connectivity index (χ3v) is 4.51. The summed E-state index contributed by atoms with van der Waals surface area (Å²) in [4.78, 5) is 4.60. The average molecular weight is 299 g/mol. The van der Waals surface area contributed by atoms with Crippen LogP contribution < -0.4 is 0 Å². The number of rotatable bonds is 5. The molecule has 2 aromatic rings. The Morgan fingerprint density at radius 1 is 1.09 bits per heavy atom. The van der Waals surface area contributed by atoms with Crippen LogP contribution in [0.5, 0.6) is 0 Å². The molecular weight excluding hydrogens is 274 g/mol. The van der Waals surface area contributed by atoms with E-state index in [1.807, 2.05) is 19.1 Å². The van der Waals surface area contributed by atoms with Crippen molar-refractivity contribution in [2.24, 2.45) is 5.92 Å². The molecule has 0 bridgehead atoms. The minimum absolute atomic E-state index is 0.553. The highest BCUT2D eigenvalue weighted by Crippen LogP contribution is 2.25. The maximum Gasteiger partial charge on any atom is 0.226 e. The van der Waals surface area contributed by atoms with E-state index in [0.29, 0.717) is 12.5 Å². The van der Waals surface area contributed by atoms with E-state index in [1.165, 1.54) is 37.7 Å². The molecule has 3 nitrogen and oxygen atoms in total. The third kappa shape index (κ3) is 3.77. The van der Waals surface area contributed by atoms with Crippen molar-refractivity contribution in [1.29, 1.82) is 0 Å². The number of hydrogen-bond acceptors (Lipinski definition) is 3. The van der Waals surface area contributed by atoms with E-state index in [4.69, 9.17) is 9.15 Å². The van der Waals surface area contributed by atoms with Crippen molar-refractivity contribution in [3.05, 3.63) is 41.3 Å². The lowest BCUT2D eigenvalue weighted by Crippen LogP contribution is -2.13. The van der Waals surface area contributed by atoms with Gasteiger partial charge in [0, 0.05) is 12.2 Å². The first-order valence-electron chi connectivity index (χ1n) is 8.33. The molecule has 22 heavy (non-hydrogen) atoms. The van der Waals surface area contributed by atoms with Crippen LogP contribution in [0.4, 0.5) is 0 Å². The van der Waals surface area contributed by atoms with Gasteiger partial charge in [0.05, 0.1) is 6.61 Å². The average Bonchev–Trinajstić information content (AvgIpc) is 2.90. The molecule has 1 heterocycles. The van der Waals surface area contributed by atoms with Gasteiger partial charge >= 0.3 is 0 Å². The van der Waals surface area contributed by atoms with E-state index in [2.05, 4.69) is 24.0 Å². The van der Waals surface area contributed by atoms with Crippen LogP contribution in [0.1, 0.15) is 49.1 Å². The van der Waals surface area contributed by atoms with Crippen molar-refractivity contribution in [3.8, 4) is 11.5 Å². The highest BCUT2D eigenvalue weighted by molar-refractivity contribution is 5.54. The van der Waals surface area contributed by atoms with Crippen LogP contribution in [-0.4, -0.2) is 11.6 Å². The molecule has 1 aromatic heterocycles. The molecule has 118 valence electrons. The summed E-state index contributed by atoms with van der Waals surface area (Å²) in [7, 11) is 0. The first-order valence-corrected chi connectivity index (χ1v) is 8.33. The lowest BCUT2D eigenvalue weighted by atomic mass is 9.90. The molecule has 1 aliphatic rings. The number of oxazole rings is 1. The van der Waals surface area contributed by atoms with Crippen molar-refractivity contribution < 1.29 is 9.15 Å². The van der Waals surface area contributed by atoms with Gasteiger partial charge < -0.3 is 9.15 Å². The maximum absolute atomic E-state index is 5.89. The molecule has 0 N–H and O–H groups in total. The Hall–Kier alpha value is -1.61. The van der Waals surface area contributed by atoms with Crippen LogP contribution in [-0.2, 0) is 11.3 Å². The molecule has 1 fully saturated rings. The summed E-state index contributed by atoms with van der Waals surface area (Å²) < 4.78 is 11.7. The van der Waals surface area contributed by atoms with Crippen LogP contribution in [0.25, 0.3) is 11.5 Å². The van der Waals surface area contributed by atoms with E-state index >= 15 is 0 Å². The molecule has 0 atom stereocenters. The first-order chi connectivity index (χ1) is 10.7. The van der Waals surface area contributed by atoms with E-state index < -0.39 is 0 Å². The molecular formula is C19H25NO2. The second kappa shape index (κ2) is 7.10. The third-order valence-electron chi connectivity index (χ3n) is 4.51.